The van der Waals surface area contributed by atoms with Crippen LogP contribution in [0.3, 0.4) is 0 Å². The molecule has 0 saturated heterocycles. The van der Waals surface area contributed by atoms with Crippen molar-refractivity contribution in [3.63, 3.8) is 0 Å². The first-order chi connectivity index (χ1) is 27.6. The highest BCUT2D eigenvalue weighted by molar-refractivity contribution is 8.06. The fourth-order valence-electron chi connectivity index (χ4n) is 7.90. The number of amidine groups is 2. The lowest BCUT2D eigenvalue weighted by Crippen LogP contribution is -2.33. The van der Waals surface area contributed by atoms with E-state index in [2.05, 4.69) is 151 Å². The van der Waals surface area contributed by atoms with E-state index in [1.165, 1.54) is 10.8 Å². The molecule has 2 aliphatic rings. The second kappa shape index (κ2) is 14.1. The van der Waals surface area contributed by atoms with E-state index < -0.39 is 0 Å². The third-order valence-electron chi connectivity index (χ3n) is 10.4. The molecule has 1 unspecified atom stereocenters. The third-order valence-corrected chi connectivity index (χ3v) is 11.2. The fraction of sp³-hybridized carbons (Fsp3) is 0.0400. The first-order valence-electron chi connectivity index (χ1n) is 18.7. The lowest BCUT2D eigenvalue weighted by molar-refractivity contribution is 0.667. The van der Waals surface area contributed by atoms with Crippen LogP contribution >= 0.6 is 11.8 Å². The minimum absolute atomic E-state index is 0.329. The van der Waals surface area contributed by atoms with Crippen molar-refractivity contribution in [2.45, 2.75) is 13.1 Å². The summed E-state index contributed by atoms with van der Waals surface area (Å²) in [7, 11) is 0. The molecular weight excluding hydrogens is 705 g/mol. The summed E-state index contributed by atoms with van der Waals surface area (Å²) in [4.78, 5) is 12.5. The first kappa shape index (κ1) is 33.7. The highest BCUT2D eigenvalue weighted by Crippen LogP contribution is 2.43. The number of thioether (sulfide) groups is 1. The van der Waals surface area contributed by atoms with Gasteiger partial charge in [-0.2, -0.15) is 0 Å². The van der Waals surface area contributed by atoms with Gasteiger partial charge in [0.2, 0.25) is 0 Å². The molecule has 0 bridgehead atoms. The van der Waals surface area contributed by atoms with Gasteiger partial charge in [0, 0.05) is 43.2 Å². The number of para-hydroxylation sites is 2. The summed E-state index contributed by atoms with van der Waals surface area (Å²) in [6.07, 6.45) is 10.6. The van der Waals surface area contributed by atoms with Crippen molar-refractivity contribution in [1.82, 2.24) is 9.88 Å². The molecule has 0 radical (unpaired) electrons. The molecule has 0 amide bonds. The molecule has 6 heteroatoms. The summed E-state index contributed by atoms with van der Waals surface area (Å²) in [6.45, 7) is 6.45. The molecule has 0 fully saturated rings. The number of aromatic nitrogens is 1. The Bertz CT molecular complexity index is 2990. The van der Waals surface area contributed by atoms with Crippen LogP contribution in [-0.4, -0.2) is 16.2 Å². The molecule has 10 rings (SSSR count). The van der Waals surface area contributed by atoms with Gasteiger partial charge >= 0.3 is 0 Å². The molecule has 6 aromatic carbocycles. The average molecular weight is 741 g/mol. The van der Waals surface area contributed by atoms with Gasteiger partial charge in [0.25, 0.3) is 0 Å². The minimum Gasteiger partial charge on any atom is -0.456 e. The summed E-state index contributed by atoms with van der Waals surface area (Å²) >= 11 is 1.67. The molecule has 4 heterocycles. The van der Waals surface area contributed by atoms with Gasteiger partial charge in [0.05, 0.1) is 16.7 Å². The zero-order valence-electron chi connectivity index (χ0n) is 30.7. The summed E-state index contributed by atoms with van der Waals surface area (Å²) < 4.78 is 9.12. The number of hydrogen-bond acceptors (Lipinski definition) is 5. The molecule has 56 heavy (non-hydrogen) atoms. The normalized spacial score (nSPS) is 17.8. The van der Waals surface area contributed by atoms with Crippen LogP contribution in [0.2, 0.25) is 0 Å². The van der Waals surface area contributed by atoms with Gasteiger partial charge in [-0.15, -0.1) is 0 Å². The molecule has 5 nitrogen and oxygen atoms in total. The number of benzene rings is 6. The van der Waals surface area contributed by atoms with Gasteiger partial charge in [0.1, 0.15) is 23.2 Å². The molecular formula is C50H36N4OS. The van der Waals surface area contributed by atoms with Crippen molar-refractivity contribution >= 4 is 78.4 Å². The third kappa shape index (κ3) is 5.92. The van der Waals surface area contributed by atoms with E-state index in [-0.39, 0.29) is 6.17 Å². The maximum atomic E-state index is 6.73. The molecule has 2 aromatic heterocycles. The van der Waals surface area contributed by atoms with Crippen molar-refractivity contribution in [2.24, 2.45) is 9.98 Å². The molecule has 2 aliphatic heterocycles. The van der Waals surface area contributed by atoms with Crippen LogP contribution in [0, 0.1) is 0 Å². The highest BCUT2D eigenvalue weighted by atomic mass is 32.2. The predicted molar refractivity (Wildman–Crippen MR) is 237 cm³/mol. The Morgan fingerprint density at radius 1 is 0.661 bits per heavy atom. The van der Waals surface area contributed by atoms with E-state index in [9.17, 15) is 0 Å². The SMILES string of the molecule is C=C1/C=C\C=C(n2c3ccccc3c3ccccc32)C(c2cccc3oc4cccc(C5=NC(c6ccccc6)=NC(c6ccccc6)N5)c4c23)=C/C=C(\C)S1. The molecule has 1 atom stereocenters. The van der Waals surface area contributed by atoms with Crippen LogP contribution in [0.1, 0.15) is 35.3 Å². The van der Waals surface area contributed by atoms with Crippen LogP contribution in [0.15, 0.2) is 207 Å². The van der Waals surface area contributed by atoms with Gasteiger partial charge in [-0.1, -0.05) is 158 Å². The van der Waals surface area contributed by atoms with Crippen molar-refractivity contribution in [2.75, 3.05) is 0 Å². The number of rotatable bonds is 5. The van der Waals surface area contributed by atoms with Crippen molar-refractivity contribution < 1.29 is 4.42 Å². The fourth-order valence-corrected chi connectivity index (χ4v) is 8.60. The summed E-state index contributed by atoms with van der Waals surface area (Å²) in [5, 5.41) is 8.12. The van der Waals surface area contributed by atoms with Crippen molar-refractivity contribution in [1.29, 1.82) is 0 Å². The molecule has 0 saturated carbocycles. The minimum atomic E-state index is -0.329. The predicted octanol–water partition coefficient (Wildman–Crippen LogP) is 12.8. The zero-order chi connectivity index (χ0) is 37.6. The Kier molecular flexibility index (Phi) is 8.46. The largest absolute Gasteiger partial charge is 0.456 e. The smallest absolute Gasteiger partial charge is 0.159 e. The number of furan rings is 1. The second-order valence-corrected chi connectivity index (χ2v) is 15.3. The number of fused-ring (bicyclic) bond motifs is 6. The summed E-state index contributed by atoms with van der Waals surface area (Å²) in [6, 6.07) is 50.4. The van der Waals surface area contributed by atoms with Gasteiger partial charge in [0.15, 0.2) is 5.84 Å². The molecule has 0 aliphatic carbocycles. The van der Waals surface area contributed by atoms with Crippen molar-refractivity contribution in [3.05, 3.63) is 215 Å². The Hall–Kier alpha value is -6.89. The molecule has 1 N–H and O–H groups in total. The Balaban J connectivity index is 1.24. The van der Waals surface area contributed by atoms with Crippen LogP contribution in [0.25, 0.3) is 55.0 Å². The van der Waals surface area contributed by atoms with Gasteiger partial charge in [-0.3, -0.25) is 0 Å². The average Bonchev–Trinajstić information content (AvgIpc) is 3.80. The number of nitrogens with zero attached hydrogens (tertiary/aromatic N) is 3. The van der Waals surface area contributed by atoms with Crippen LogP contribution in [0.4, 0.5) is 0 Å². The number of aliphatic imine (C=N–C) groups is 2. The number of hydrogen-bond donors (Lipinski definition) is 1. The molecule has 8 aromatic rings. The maximum Gasteiger partial charge on any atom is 0.159 e. The first-order valence-corrected chi connectivity index (χ1v) is 19.5. The van der Waals surface area contributed by atoms with E-state index in [1.807, 2.05) is 48.5 Å². The number of allylic oxidation sites excluding steroid dienone is 8. The van der Waals surface area contributed by atoms with Crippen molar-refractivity contribution in [3.8, 4) is 0 Å². The maximum absolute atomic E-state index is 6.73. The van der Waals surface area contributed by atoms with E-state index in [1.54, 1.807) is 11.8 Å². The quantitative estimate of drug-likeness (QED) is 0.191. The Morgan fingerprint density at radius 2 is 1.29 bits per heavy atom. The van der Waals surface area contributed by atoms with Gasteiger partial charge < -0.3 is 14.3 Å². The van der Waals surface area contributed by atoms with Gasteiger partial charge in [-0.05, 0) is 59.4 Å². The van der Waals surface area contributed by atoms with E-state index in [4.69, 9.17) is 14.4 Å². The lowest BCUT2D eigenvalue weighted by Gasteiger charge is -2.24. The van der Waals surface area contributed by atoms with Gasteiger partial charge in [-0.25, -0.2) is 9.98 Å². The lowest BCUT2D eigenvalue weighted by atomic mass is 9.94. The Labute approximate surface area is 329 Å². The second-order valence-electron chi connectivity index (χ2n) is 13.9. The van der Waals surface area contributed by atoms with E-state index in [0.29, 0.717) is 5.84 Å². The highest BCUT2D eigenvalue weighted by Gasteiger charge is 2.26. The summed E-state index contributed by atoms with van der Waals surface area (Å²) in [5.41, 5.74) is 9.97. The zero-order valence-corrected chi connectivity index (χ0v) is 31.5. The molecule has 0 spiro atoms. The van der Waals surface area contributed by atoms with Crippen LogP contribution < -0.4 is 5.32 Å². The summed E-state index contributed by atoms with van der Waals surface area (Å²) in [5.74, 6) is 1.42. The van der Waals surface area contributed by atoms with Crippen LogP contribution in [0.5, 0.6) is 0 Å². The van der Waals surface area contributed by atoms with E-state index >= 15 is 0 Å². The van der Waals surface area contributed by atoms with Crippen LogP contribution in [-0.2, 0) is 0 Å². The van der Waals surface area contributed by atoms with E-state index in [0.717, 1.165) is 82.1 Å². The standard InChI is InChI=1S/C50H36N4OS/c1-32-16-13-27-43(54-41-25-11-9-21-36(41)37-22-10-12-26-42(37)54)38(31-30-33(2)56-32)39-23-14-28-44-46(39)47-40(24-15-29-45(47)55-44)50-52-48(34-17-5-3-6-18-34)51-49(53-50)35-19-7-4-8-20-35/h3-31,48H,1H2,2H3,(H,51,52,53)/b16-13-,33-30+,38-31?,43-27?. The topological polar surface area (TPSA) is 54.8 Å². The molecule has 268 valence electrons. The monoisotopic (exact) mass is 740 g/mol. The number of nitrogens with one attached hydrogen (secondary N) is 1. The Morgan fingerprint density at radius 3 is 2.00 bits per heavy atom.